The first-order chi connectivity index (χ1) is 8.86. The molecule has 3 nitrogen and oxygen atoms in total. The van der Waals surface area contributed by atoms with Crippen molar-refractivity contribution in [2.45, 2.75) is 6.42 Å². The van der Waals surface area contributed by atoms with E-state index in [0.717, 1.165) is 29.0 Å². The van der Waals surface area contributed by atoms with E-state index in [9.17, 15) is 0 Å². The number of aryl methyl sites for hydroxylation is 1. The molecule has 0 amide bonds. The van der Waals surface area contributed by atoms with Crippen LogP contribution in [0.15, 0.2) is 42.6 Å². The second kappa shape index (κ2) is 4.78. The van der Waals surface area contributed by atoms with Crippen LogP contribution in [0.3, 0.4) is 0 Å². The smallest absolute Gasteiger partial charge is 0.157 e. The van der Waals surface area contributed by atoms with E-state index in [0.29, 0.717) is 5.88 Å². The zero-order valence-electron chi connectivity index (χ0n) is 9.73. The van der Waals surface area contributed by atoms with Crippen molar-refractivity contribution in [2.24, 2.45) is 0 Å². The molecule has 2 aromatic heterocycles. The monoisotopic (exact) mass is 257 g/mol. The van der Waals surface area contributed by atoms with Crippen LogP contribution in [-0.4, -0.2) is 20.8 Å². The molecule has 0 radical (unpaired) electrons. The Hall–Kier alpha value is -1.87. The average molecular weight is 258 g/mol. The average Bonchev–Trinajstić information content (AvgIpc) is 2.83. The molecule has 0 aliphatic rings. The van der Waals surface area contributed by atoms with E-state index in [1.165, 1.54) is 5.56 Å². The molecule has 90 valence electrons. The van der Waals surface area contributed by atoms with Gasteiger partial charge in [0.15, 0.2) is 5.82 Å². The lowest BCUT2D eigenvalue weighted by Crippen LogP contribution is -1.85. The van der Waals surface area contributed by atoms with Gasteiger partial charge in [0.2, 0.25) is 0 Å². The van der Waals surface area contributed by atoms with Gasteiger partial charge in [0.05, 0.1) is 11.0 Å². The number of alkyl halides is 1. The molecule has 0 saturated heterocycles. The molecule has 2 heterocycles. The highest BCUT2D eigenvalue weighted by molar-refractivity contribution is 6.18. The highest BCUT2D eigenvalue weighted by Gasteiger charge is 2.06. The summed E-state index contributed by atoms with van der Waals surface area (Å²) in [6.45, 7) is 0. The minimum Gasteiger partial charge on any atom is -0.337 e. The molecule has 18 heavy (non-hydrogen) atoms. The van der Waals surface area contributed by atoms with Crippen LogP contribution in [0.25, 0.3) is 22.6 Å². The Bertz CT molecular complexity index is 661. The Morgan fingerprint density at radius 3 is 2.89 bits per heavy atom. The van der Waals surface area contributed by atoms with E-state index < -0.39 is 0 Å². The Balaban J connectivity index is 2.06. The maximum Gasteiger partial charge on any atom is 0.157 e. The molecule has 4 heteroatoms. The van der Waals surface area contributed by atoms with Crippen molar-refractivity contribution < 1.29 is 0 Å². The van der Waals surface area contributed by atoms with Crippen LogP contribution in [0.2, 0.25) is 0 Å². The van der Waals surface area contributed by atoms with Crippen molar-refractivity contribution in [3.05, 3.63) is 48.2 Å². The van der Waals surface area contributed by atoms with E-state index >= 15 is 0 Å². The summed E-state index contributed by atoms with van der Waals surface area (Å²) in [4.78, 5) is 12.1. The van der Waals surface area contributed by atoms with Crippen molar-refractivity contribution in [3.8, 4) is 11.5 Å². The van der Waals surface area contributed by atoms with E-state index in [2.05, 4.69) is 27.1 Å². The second-order valence-electron chi connectivity index (χ2n) is 4.09. The topological polar surface area (TPSA) is 41.6 Å². The van der Waals surface area contributed by atoms with Gasteiger partial charge >= 0.3 is 0 Å². The lowest BCUT2D eigenvalue weighted by molar-refractivity contribution is 1.15. The van der Waals surface area contributed by atoms with Crippen molar-refractivity contribution in [3.63, 3.8) is 0 Å². The normalized spacial score (nSPS) is 10.9. The number of imidazole rings is 1. The summed E-state index contributed by atoms with van der Waals surface area (Å²) in [5.41, 5.74) is 4.05. The molecule has 1 aromatic carbocycles. The standard InChI is InChI=1S/C14H12ClN3/c15-7-6-10-4-5-11-13(9-10)18-14(17-11)12-3-1-2-8-16-12/h1-5,8-9H,6-7H2,(H,17,18). The first-order valence-corrected chi connectivity index (χ1v) is 6.36. The Labute approximate surface area is 110 Å². The van der Waals surface area contributed by atoms with Gasteiger partial charge in [0.1, 0.15) is 5.69 Å². The number of halogens is 1. The van der Waals surface area contributed by atoms with Gasteiger partial charge in [-0.1, -0.05) is 12.1 Å². The first-order valence-electron chi connectivity index (χ1n) is 5.83. The van der Waals surface area contributed by atoms with Gasteiger partial charge in [-0.3, -0.25) is 4.98 Å². The number of H-pyrrole nitrogens is 1. The van der Waals surface area contributed by atoms with Gasteiger partial charge in [-0.15, -0.1) is 11.6 Å². The van der Waals surface area contributed by atoms with Crippen molar-refractivity contribution in [1.82, 2.24) is 15.0 Å². The summed E-state index contributed by atoms with van der Waals surface area (Å²) in [6, 6.07) is 12.0. The van der Waals surface area contributed by atoms with Crippen molar-refractivity contribution in [1.29, 1.82) is 0 Å². The highest BCUT2D eigenvalue weighted by Crippen LogP contribution is 2.19. The van der Waals surface area contributed by atoms with Crippen LogP contribution < -0.4 is 0 Å². The van der Waals surface area contributed by atoms with Crippen LogP contribution in [0.4, 0.5) is 0 Å². The third kappa shape index (κ3) is 2.09. The lowest BCUT2D eigenvalue weighted by Gasteiger charge is -1.96. The number of rotatable bonds is 3. The van der Waals surface area contributed by atoms with Crippen LogP contribution in [-0.2, 0) is 6.42 Å². The number of fused-ring (bicyclic) bond motifs is 1. The highest BCUT2D eigenvalue weighted by atomic mass is 35.5. The zero-order valence-corrected chi connectivity index (χ0v) is 10.5. The first kappa shape index (κ1) is 11.2. The minimum absolute atomic E-state index is 0.632. The lowest BCUT2D eigenvalue weighted by atomic mass is 10.1. The maximum atomic E-state index is 5.75. The summed E-state index contributed by atoms with van der Waals surface area (Å²) in [6.07, 6.45) is 2.64. The van der Waals surface area contributed by atoms with Gasteiger partial charge < -0.3 is 4.98 Å². The fraction of sp³-hybridized carbons (Fsp3) is 0.143. The molecule has 3 aromatic rings. The van der Waals surface area contributed by atoms with Gasteiger partial charge in [0.25, 0.3) is 0 Å². The fourth-order valence-electron chi connectivity index (χ4n) is 1.95. The molecule has 0 bridgehead atoms. The van der Waals surface area contributed by atoms with Gasteiger partial charge in [0, 0.05) is 12.1 Å². The Morgan fingerprint density at radius 2 is 2.11 bits per heavy atom. The molecule has 1 N–H and O–H groups in total. The van der Waals surface area contributed by atoms with E-state index in [-0.39, 0.29) is 0 Å². The SMILES string of the molecule is ClCCc1ccc2nc(-c3ccccn3)[nH]c2c1. The van der Waals surface area contributed by atoms with E-state index in [1.54, 1.807) is 6.20 Å². The van der Waals surface area contributed by atoms with Crippen LogP contribution >= 0.6 is 11.6 Å². The summed E-state index contributed by atoms with van der Waals surface area (Å²) in [5.74, 6) is 1.43. The largest absolute Gasteiger partial charge is 0.337 e. The predicted molar refractivity (Wildman–Crippen MR) is 73.7 cm³/mol. The quantitative estimate of drug-likeness (QED) is 0.731. The number of aromatic nitrogens is 3. The summed E-state index contributed by atoms with van der Waals surface area (Å²) in [5, 5.41) is 0. The number of nitrogens with one attached hydrogen (secondary N) is 1. The van der Waals surface area contributed by atoms with Gasteiger partial charge in [-0.25, -0.2) is 4.98 Å². The molecule has 0 spiro atoms. The molecule has 0 fully saturated rings. The molecule has 0 atom stereocenters. The molecule has 0 aliphatic carbocycles. The Morgan fingerprint density at radius 1 is 1.17 bits per heavy atom. The van der Waals surface area contributed by atoms with Crippen LogP contribution in [0.5, 0.6) is 0 Å². The number of benzene rings is 1. The van der Waals surface area contributed by atoms with Crippen LogP contribution in [0.1, 0.15) is 5.56 Å². The van der Waals surface area contributed by atoms with E-state index in [4.69, 9.17) is 11.6 Å². The molecule has 3 rings (SSSR count). The predicted octanol–water partition coefficient (Wildman–Crippen LogP) is 3.41. The fourth-order valence-corrected chi connectivity index (χ4v) is 2.16. The summed E-state index contributed by atoms with van der Waals surface area (Å²) >= 11 is 5.75. The van der Waals surface area contributed by atoms with Crippen molar-refractivity contribution in [2.75, 3.05) is 5.88 Å². The maximum absolute atomic E-state index is 5.75. The summed E-state index contributed by atoms with van der Waals surface area (Å²) in [7, 11) is 0. The molecule has 0 aliphatic heterocycles. The number of nitrogens with zero attached hydrogens (tertiary/aromatic N) is 2. The number of hydrogen-bond donors (Lipinski definition) is 1. The molecule has 0 saturated carbocycles. The second-order valence-corrected chi connectivity index (χ2v) is 4.47. The van der Waals surface area contributed by atoms with Gasteiger partial charge in [-0.05, 0) is 36.2 Å². The third-order valence-corrected chi connectivity index (χ3v) is 3.03. The molecule has 0 unspecified atom stereocenters. The Kier molecular flexibility index (Phi) is 2.99. The summed E-state index contributed by atoms with van der Waals surface area (Å²) < 4.78 is 0. The van der Waals surface area contributed by atoms with E-state index in [1.807, 2.05) is 24.3 Å². The molecular weight excluding hydrogens is 246 g/mol. The minimum atomic E-state index is 0.632. The molecular formula is C14H12ClN3. The number of pyridine rings is 1. The third-order valence-electron chi connectivity index (χ3n) is 2.84. The van der Waals surface area contributed by atoms with Crippen molar-refractivity contribution >= 4 is 22.6 Å². The number of hydrogen-bond acceptors (Lipinski definition) is 2. The zero-order chi connectivity index (χ0) is 12.4. The van der Waals surface area contributed by atoms with Crippen LogP contribution in [0, 0.1) is 0 Å². The van der Waals surface area contributed by atoms with Gasteiger partial charge in [-0.2, -0.15) is 0 Å². The number of aromatic amines is 1.